The van der Waals surface area contributed by atoms with E-state index in [1.807, 2.05) is 60.7 Å². The van der Waals surface area contributed by atoms with Crippen LogP contribution in [0.25, 0.3) is 22.3 Å². The van der Waals surface area contributed by atoms with Crippen LogP contribution in [0.5, 0.6) is 0 Å². The van der Waals surface area contributed by atoms with Crippen LogP contribution in [0.2, 0.25) is 0 Å². The summed E-state index contributed by atoms with van der Waals surface area (Å²) >= 11 is 3.43. The predicted molar refractivity (Wildman–Crippen MR) is 88.6 cm³/mol. The Morgan fingerprint density at radius 1 is 0.909 bits per heavy atom. The zero-order valence-corrected chi connectivity index (χ0v) is 13.5. The van der Waals surface area contributed by atoms with Gasteiger partial charge in [-0.05, 0) is 27.1 Å². The molecule has 110 valence electrons. The van der Waals surface area contributed by atoms with Crippen molar-refractivity contribution in [2.75, 3.05) is 7.11 Å². The van der Waals surface area contributed by atoms with E-state index in [0.717, 1.165) is 22.3 Å². The van der Waals surface area contributed by atoms with Crippen LogP contribution < -0.4 is 0 Å². The minimum atomic E-state index is -0.498. The van der Waals surface area contributed by atoms with Crippen LogP contribution in [0.1, 0.15) is 10.6 Å². The van der Waals surface area contributed by atoms with E-state index < -0.39 is 5.97 Å². The van der Waals surface area contributed by atoms with E-state index in [1.165, 1.54) is 7.11 Å². The molecule has 0 unspecified atom stereocenters. The van der Waals surface area contributed by atoms with E-state index >= 15 is 0 Å². The first-order valence-corrected chi connectivity index (χ1v) is 7.53. The smallest absolute Gasteiger partial charge is 0.374 e. The average molecular weight is 357 g/mol. The van der Waals surface area contributed by atoms with Gasteiger partial charge < -0.3 is 9.15 Å². The van der Waals surface area contributed by atoms with Gasteiger partial charge >= 0.3 is 5.97 Å². The van der Waals surface area contributed by atoms with E-state index in [2.05, 4.69) is 15.9 Å². The maximum absolute atomic E-state index is 12.1. The quantitative estimate of drug-likeness (QED) is 0.608. The number of hydrogen-bond acceptors (Lipinski definition) is 3. The number of ether oxygens (including phenoxy) is 1. The lowest BCUT2D eigenvalue weighted by Crippen LogP contribution is -2.01. The van der Waals surface area contributed by atoms with Crippen molar-refractivity contribution in [3.63, 3.8) is 0 Å². The van der Waals surface area contributed by atoms with Crippen molar-refractivity contribution in [2.45, 2.75) is 0 Å². The Kier molecular flexibility index (Phi) is 4.11. The fraction of sp³-hybridized carbons (Fsp3) is 0.0556. The lowest BCUT2D eigenvalue weighted by molar-refractivity contribution is 0.0565. The summed E-state index contributed by atoms with van der Waals surface area (Å²) in [5.41, 5.74) is 3.43. The van der Waals surface area contributed by atoms with Crippen molar-refractivity contribution in [3.8, 4) is 22.3 Å². The molecular weight excluding hydrogens is 344 g/mol. The fourth-order valence-electron chi connectivity index (χ4n) is 2.38. The van der Waals surface area contributed by atoms with Crippen molar-refractivity contribution in [3.05, 3.63) is 71.1 Å². The van der Waals surface area contributed by atoms with Gasteiger partial charge in [0.15, 0.2) is 4.67 Å². The number of methoxy groups -OCH3 is 1. The van der Waals surface area contributed by atoms with Crippen LogP contribution in [-0.2, 0) is 4.74 Å². The molecule has 3 rings (SSSR count). The second-order valence-corrected chi connectivity index (χ2v) is 5.40. The van der Waals surface area contributed by atoms with E-state index in [9.17, 15) is 4.79 Å². The van der Waals surface area contributed by atoms with Gasteiger partial charge in [-0.25, -0.2) is 4.79 Å². The number of benzene rings is 2. The van der Waals surface area contributed by atoms with Crippen molar-refractivity contribution in [1.29, 1.82) is 0 Å². The number of esters is 1. The van der Waals surface area contributed by atoms with Gasteiger partial charge in [0.1, 0.15) is 0 Å². The monoisotopic (exact) mass is 356 g/mol. The van der Waals surface area contributed by atoms with Gasteiger partial charge in [-0.1, -0.05) is 60.7 Å². The maximum atomic E-state index is 12.1. The van der Waals surface area contributed by atoms with E-state index in [4.69, 9.17) is 9.15 Å². The first kappa shape index (κ1) is 14.6. The molecule has 0 aliphatic heterocycles. The van der Waals surface area contributed by atoms with E-state index in [1.54, 1.807) is 0 Å². The van der Waals surface area contributed by atoms with Gasteiger partial charge in [-0.2, -0.15) is 0 Å². The molecule has 1 heterocycles. The number of carbonyl (C=O) groups excluding carboxylic acids is 1. The standard InChI is InChI=1S/C18H13BrO3/c1-21-18(20)16-14(12-8-4-2-5-9-12)15(17(19)22-16)13-10-6-3-7-11-13/h2-11H,1H3. The predicted octanol–water partition coefficient (Wildman–Crippen LogP) is 5.16. The molecule has 0 N–H and O–H groups in total. The summed E-state index contributed by atoms with van der Waals surface area (Å²) in [4.78, 5) is 12.1. The molecule has 22 heavy (non-hydrogen) atoms. The van der Waals surface area contributed by atoms with Gasteiger partial charge in [0.2, 0.25) is 5.76 Å². The van der Waals surface area contributed by atoms with E-state index in [0.29, 0.717) is 4.67 Å². The van der Waals surface area contributed by atoms with Crippen molar-refractivity contribution >= 4 is 21.9 Å². The lowest BCUT2D eigenvalue weighted by atomic mass is 9.97. The summed E-state index contributed by atoms with van der Waals surface area (Å²) in [6.07, 6.45) is 0. The average Bonchev–Trinajstić information content (AvgIpc) is 2.93. The molecule has 0 spiro atoms. The number of rotatable bonds is 3. The first-order valence-electron chi connectivity index (χ1n) is 6.74. The molecule has 0 amide bonds. The highest BCUT2D eigenvalue weighted by molar-refractivity contribution is 9.10. The Morgan fingerprint density at radius 3 is 1.91 bits per heavy atom. The molecule has 3 aromatic rings. The fourth-order valence-corrected chi connectivity index (χ4v) is 2.97. The minimum Gasteiger partial charge on any atom is -0.463 e. The second kappa shape index (κ2) is 6.20. The van der Waals surface area contributed by atoms with Gasteiger partial charge in [0.25, 0.3) is 0 Å². The highest BCUT2D eigenvalue weighted by atomic mass is 79.9. The Morgan fingerprint density at radius 2 is 1.41 bits per heavy atom. The third-order valence-corrected chi connectivity index (χ3v) is 3.92. The summed E-state index contributed by atoms with van der Waals surface area (Å²) in [5, 5.41) is 0. The molecule has 0 fully saturated rings. The van der Waals surface area contributed by atoms with Gasteiger partial charge in [-0.15, -0.1) is 0 Å². The maximum Gasteiger partial charge on any atom is 0.374 e. The SMILES string of the molecule is COC(=O)c1oc(Br)c(-c2ccccc2)c1-c1ccccc1. The van der Waals surface area contributed by atoms with Crippen LogP contribution in [0.3, 0.4) is 0 Å². The Bertz CT molecular complexity index is 792. The number of hydrogen-bond donors (Lipinski definition) is 0. The Labute approximate surface area is 136 Å². The van der Waals surface area contributed by atoms with Crippen molar-refractivity contribution in [2.24, 2.45) is 0 Å². The molecule has 4 heteroatoms. The molecular formula is C18H13BrO3. The molecule has 0 aliphatic rings. The normalized spacial score (nSPS) is 10.5. The summed E-state index contributed by atoms with van der Waals surface area (Å²) in [7, 11) is 1.34. The zero-order valence-electron chi connectivity index (χ0n) is 11.9. The number of furan rings is 1. The summed E-state index contributed by atoms with van der Waals surface area (Å²) in [5.74, 6) is -0.304. The molecule has 3 nitrogen and oxygen atoms in total. The van der Waals surface area contributed by atoms with Crippen molar-refractivity contribution < 1.29 is 13.9 Å². The van der Waals surface area contributed by atoms with E-state index in [-0.39, 0.29) is 5.76 Å². The molecule has 0 bridgehead atoms. The lowest BCUT2D eigenvalue weighted by Gasteiger charge is -2.06. The van der Waals surface area contributed by atoms with Gasteiger partial charge in [0, 0.05) is 11.1 Å². The second-order valence-electron chi connectivity index (χ2n) is 4.68. The molecule has 0 atom stereocenters. The highest BCUT2D eigenvalue weighted by Gasteiger charge is 2.26. The molecule has 0 saturated carbocycles. The van der Waals surface area contributed by atoms with Crippen molar-refractivity contribution in [1.82, 2.24) is 0 Å². The summed E-state index contributed by atoms with van der Waals surface area (Å²) in [6, 6.07) is 19.4. The van der Waals surface area contributed by atoms with Gasteiger partial charge in [-0.3, -0.25) is 0 Å². The Hall–Kier alpha value is -2.33. The van der Waals surface area contributed by atoms with Crippen LogP contribution in [0, 0.1) is 0 Å². The van der Waals surface area contributed by atoms with Gasteiger partial charge in [0.05, 0.1) is 7.11 Å². The van der Waals surface area contributed by atoms with Crippen LogP contribution in [0.15, 0.2) is 69.8 Å². The minimum absolute atomic E-state index is 0.194. The largest absolute Gasteiger partial charge is 0.463 e. The Balaban J connectivity index is 2.30. The molecule has 1 aromatic heterocycles. The first-order chi connectivity index (χ1) is 10.7. The van der Waals surface area contributed by atoms with Crippen LogP contribution in [0.4, 0.5) is 0 Å². The highest BCUT2D eigenvalue weighted by Crippen LogP contribution is 2.42. The molecule has 0 saturated heterocycles. The zero-order chi connectivity index (χ0) is 15.5. The van der Waals surface area contributed by atoms with Crippen LogP contribution >= 0.6 is 15.9 Å². The number of halogens is 1. The third kappa shape index (κ3) is 2.57. The third-order valence-electron chi connectivity index (χ3n) is 3.36. The summed E-state index contributed by atoms with van der Waals surface area (Å²) in [6.45, 7) is 0. The topological polar surface area (TPSA) is 39.4 Å². The summed E-state index contributed by atoms with van der Waals surface area (Å²) < 4.78 is 11.0. The molecule has 0 radical (unpaired) electrons. The number of carbonyl (C=O) groups is 1. The molecule has 2 aromatic carbocycles. The van der Waals surface area contributed by atoms with Crippen LogP contribution in [-0.4, -0.2) is 13.1 Å². The molecule has 0 aliphatic carbocycles.